The Morgan fingerprint density at radius 2 is 1.69 bits per heavy atom. The van der Waals surface area contributed by atoms with E-state index < -0.39 is 42.7 Å². The molecular formula is C18H26FN3O5S2. The summed E-state index contributed by atoms with van der Waals surface area (Å²) >= 11 is 0. The van der Waals surface area contributed by atoms with Gasteiger partial charge >= 0.3 is 0 Å². The predicted molar refractivity (Wildman–Crippen MR) is 106 cm³/mol. The molecule has 0 radical (unpaired) electrons. The highest BCUT2D eigenvalue weighted by Gasteiger charge is 2.30. The molecule has 162 valence electrons. The largest absolute Gasteiger partial charge is 0.348 e. The summed E-state index contributed by atoms with van der Waals surface area (Å²) in [5.74, 6) is -1.45. The fraction of sp³-hybridized carbons (Fsp3) is 0.611. The summed E-state index contributed by atoms with van der Waals surface area (Å²) in [6.45, 7) is 1.23. The van der Waals surface area contributed by atoms with Crippen molar-refractivity contribution in [1.82, 2.24) is 13.9 Å². The second-order valence-electron chi connectivity index (χ2n) is 7.54. The third kappa shape index (κ3) is 5.14. The van der Waals surface area contributed by atoms with Crippen molar-refractivity contribution >= 4 is 26.0 Å². The van der Waals surface area contributed by atoms with Gasteiger partial charge in [0.15, 0.2) is 0 Å². The fourth-order valence-corrected chi connectivity index (χ4v) is 6.24. The van der Waals surface area contributed by atoms with Crippen molar-refractivity contribution in [3.05, 3.63) is 29.6 Å². The second-order valence-corrected chi connectivity index (χ2v) is 11.4. The Morgan fingerprint density at radius 3 is 2.34 bits per heavy atom. The molecule has 11 heteroatoms. The van der Waals surface area contributed by atoms with Gasteiger partial charge in [-0.15, -0.1) is 0 Å². The number of sulfonamides is 2. The first-order valence-electron chi connectivity index (χ1n) is 9.65. The Morgan fingerprint density at radius 1 is 1.03 bits per heavy atom. The molecule has 8 nitrogen and oxygen atoms in total. The minimum absolute atomic E-state index is 0.0264. The number of nitrogens with zero attached hydrogens (tertiary/aromatic N) is 2. The van der Waals surface area contributed by atoms with E-state index in [1.165, 1.54) is 14.7 Å². The van der Waals surface area contributed by atoms with Gasteiger partial charge in [-0.05, 0) is 43.9 Å². The summed E-state index contributed by atoms with van der Waals surface area (Å²) in [4.78, 5) is 12.1. The lowest BCUT2D eigenvalue weighted by atomic mass is 10.1. The van der Waals surface area contributed by atoms with E-state index in [2.05, 4.69) is 5.32 Å². The minimum Gasteiger partial charge on any atom is -0.348 e. The van der Waals surface area contributed by atoms with Gasteiger partial charge in [-0.3, -0.25) is 4.79 Å². The fourth-order valence-electron chi connectivity index (χ4n) is 3.72. The van der Waals surface area contributed by atoms with Crippen LogP contribution in [0.3, 0.4) is 0 Å². The molecule has 3 rings (SSSR count). The first kappa shape index (κ1) is 22.1. The average Bonchev–Trinajstić information content (AvgIpc) is 2.68. The van der Waals surface area contributed by atoms with E-state index in [4.69, 9.17) is 0 Å². The molecule has 1 atom stereocenters. The van der Waals surface area contributed by atoms with Gasteiger partial charge in [-0.2, -0.15) is 4.31 Å². The number of piperidine rings is 2. The maximum absolute atomic E-state index is 14.3. The SMILES string of the molecule is CS(=O)(=O)N1CCCC(NC(=O)c2ccc(F)c(S(=O)(=O)N3CCCCC3)c2)C1. The summed E-state index contributed by atoms with van der Waals surface area (Å²) in [6, 6.07) is 2.89. The molecule has 0 saturated carbocycles. The van der Waals surface area contributed by atoms with E-state index in [1.54, 1.807) is 0 Å². The Labute approximate surface area is 171 Å². The molecule has 1 amide bonds. The van der Waals surface area contributed by atoms with Gasteiger partial charge < -0.3 is 5.32 Å². The first-order chi connectivity index (χ1) is 13.6. The molecule has 29 heavy (non-hydrogen) atoms. The van der Waals surface area contributed by atoms with Crippen LogP contribution in [0.15, 0.2) is 23.1 Å². The van der Waals surface area contributed by atoms with Gasteiger partial charge in [-0.1, -0.05) is 6.42 Å². The Kier molecular flexibility index (Phi) is 6.61. The molecule has 2 aliphatic rings. The van der Waals surface area contributed by atoms with Crippen molar-refractivity contribution in [3.63, 3.8) is 0 Å². The van der Waals surface area contributed by atoms with E-state index in [0.29, 0.717) is 32.5 Å². The van der Waals surface area contributed by atoms with Crippen molar-refractivity contribution in [3.8, 4) is 0 Å². The molecule has 0 aromatic heterocycles. The highest BCUT2D eigenvalue weighted by atomic mass is 32.2. The number of benzene rings is 1. The van der Waals surface area contributed by atoms with Crippen molar-refractivity contribution in [2.45, 2.75) is 43.0 Å². The molecular weight excluding hydrogens is 421 g/mol. The summed E-state index contributed by atoms with van der Waals surface area (Å²) in [5, 5.41) is 2.74. The molecule has 0 aliphatic carbocycles. The van der Waals surface area contributed by atoms with Gasteiger partial charge in [0.05, 0.1) is 6.26 Å². The Hall–Kier alpha value is -1.56. The Bertz CT molecular complexity index is 975. The highest BCUT2D eigenvalue weighted by Crippen LogP contribution is 2.24. The maximum Gasteiger partial charge on any atom is 0.251 e. The molecule has 1 unspecified atom stereocenters. The lowest BCUT2D eigenvalue weighted by Crippen LogP contribution is -2.49. The molecule has 2 heterocycles. The third-order valence-corrected chi connectivity index (χ3v) is 8.50. The normalized spacial score (nSPS) is 22.3. The van der Waals surface area contributed by atoms with Gasteiger partial charge in [0.1, 0.15) is 10.7 Å². The monoisotopic (exact) mass is 447 g/mol. The lowest BCUT2D eigenvalue weighted by Gasteiger charge is -2.31. The standard InChI is InChI=1S/C18H26FN3O5S2/c1-28(24,25)22-11-5-6-15(13-22)20-18(23)14-7-8-16(19)17(12-14)29(26,27)21-9-3-2-4-10-21/h7-8,12,15H,2-6,9-11,13H2,1H3,(H,20,23). The number of rotatable bonds is 5. The third-order valence-electron chi connectivity index (χ3n) is 5.31. The van der Waals surface area contributed by atoms with E-state index in [1.807, 2.05) is 0 Å². The first-order valence-corrected chi connectivity index (χ1v) is 12.9. The topological polar surface area (TPSA) is 104 Å². The predicted octanol–water partition coefficient (Wildman–Crippen LogP) is 1.15. The molecule has 2 fully saturated rings. The molecule has 2 aliphatic heterocycles. The maximum atomic E-state index is 14.3. The van der Waals surface area contributed by atoms with Gasteiger partial charge in [0.2, 0.25) is 20.0 Å². The Balaban J connectivity index is 1.77. The van der Waals surface area contributed by atoms with E-state index in [-0.39, 0.29) is 12.1 Å². The number of amides is 1. The summed E-state index contributed by atoms with van der Waals surface area (Å²) in [5.41, 5.74) is 0.0264. The number of hydrogen-bond donors (Lipinski definition) is 1. The zero-order valence-corrected chi connectivity index (χ0v) is 17.9. The van der Waals surface area contributed by atoms with Crippen LogP contribution in [0.25, 0.3) is 0 Å². The van der Waals surface area contributed by atoms with Crippen molar-refractivity contribution < 1.29 is 26.0 Å². The number of nitrogens with one attached hydrogen (secondary N) is 1. The summed E-state index contributed by atoms with van der Waals surface area (Å²) < 4.78 is 65.9. The highest BCUT2D eigenvalue weighted by molar-refractivity contribution is 7.89. The van der Waals surface area contributed by atoms with Gasteiger partial charge in [0, 0.05) is 37.8 Å². The van der Waals surface area contributed by atoms with Crippen LogP contribution in [0.5, 0.6) is 0 Å². The van der Waals surface area contributed by atoms with Crippen LogP contribution >= 0.6 is 0 Å². The average molecular weight is 448 g/mol. The number of carbonyl (C=O) groups excluding carboxylic acids is 1. The zero-order valence-electron chi connectivity index (χ0n) is 16.3. The van der Waals surface area contributed by atoms with Crippen LogP contribution < -0.4 is 5.32 Å². The summed E-state index contributed by atoms with van der Waals surface area (Å²) in [7, 11) is -7.37. The smallest absolute Gasteiger partial charge is 0.251 e. The van der Waals surface area contributed by atoms with Crippen LogP contribution in [-0.2, 0) is 20.0 Å². The molecule has 2 saturated heterocycles. The number of halogens is 1. The van der Waals surface area contributed by atoms with Gasteiger partial charge in [-0.25, -0.2) is 25.5 Å². The number of hydrogen-bond acceptors (Lipinski definition) is 5. The molecule has 1 aromatic rings. The van der Waals surface area contributed by atoms with Crippen molar-refractivity contribution in [2.24, 2.45) is 0 Å². The minimum atomic E-state index is -4.02. The molecule has 0 spiro atoms. The van der Waals surface area contributed by atoms with Crippen LogP contribution in [0.1, 0.15) is 42.5 Å². The zero-order chi connectivity index (χ0) is 21.2. The molecule has 1 N–H and O–H groups in total. The van der Waals surface area contributed by atoms with Crippen LogP contribution in [0.2, 0.25) is 0 Å². The summed E-state index contributed by atoms with van der Waals surface area (Å²) in [6.07, 6.45) is 4.71. The van der Waals surface area contributed by atoms with Crippen LogP contribution in [0.4, 0.5) is 4.39 Å². The van der Waals surface area contributed by atoms with Gasteiger partial charge in [0.25, 0.3) is 5.91 Å². The number of carbonyl (C=O) groups is 1. The molecule has 0 bridgehead atoms. The van der Waals surface area contributed by atoms with Crippen LogP contribution in [-0.4, -0.2) is 69.8 Å². The van der Waals surface area contributed by atoms with E-state index >= 15 is 0 Å². The second kappa shape index (κ2) is 8.66. The molecule has 1 aromatic carbocycles. The van der Waals surface area contributed by atoms with Crippen molar-refractivity contribution in [2.75, 3.05) is 32.4 Å². The van der Waals surface area contributed by atoms with E-state index in [0.717, 1.165) is 37.7 Å². The van der Waals surface area contributed by atoms with Crippen molar-refractivity contribution in [1.29, 1.82) is 0 Å². The van der Waals surface area contributed by atoms with Crippen LogP contribution in [0, 0.1) is 5.82 Å². The van der Waals surface area contributed by atoms with E-state index in [9.17, 15) is 26.0 Å². The lowest BCUT2D eigenvalue weighted by molar-refractivity contribution is 0.0921. The quantitative estimate of drug-likeness (QED) is 0.729.